The molecule has 1 unspecified atom stereocenters. The SMILES string of the molecule is C#CC(C)Nc1cnn(CC(=O)OC)c(=O)c1Br. The third-order valence-electron chi connectivity index (χ3n) is 2.11. The van der Waals surface area contributed by atoms with Gasteiger partial charge in [0, 0.05) is 0 Å². The Morgan fingerprint density at radius 3 is 3.00 bits per heavy atom. The van der Waals surface area contributed by atoms with Gasteiger partial charge in [-0.25, -0.2) is 4.68 Å². The fraction of sp³-hybridized carbons (Fsp3) is 0.364. The Bertz CT molecular complexity index is 547. The van der Waals surface area contributed by atoms with Gasteiger partial charge < -0.3 is 10.1 Å². The fourth-order valence-electron chi connectivity index (χ4n) is 1.14. The number of nitrogens with one attached hydrogen (secondary N) is 1. The summed E-state index contributed by atoms with van der Waals surface area (Å²) < 4.78 is 5.73. The molecule has 0 spiro atoms. The number of ether oxygens (including phenoxy) is 1. The van der Waals surface area contributed by atoms with E-state index in [9.17, 15) is 9.59 Å². The fourth-order valence-corrected chi connectivity index (χ4v) is 1.56. The number of esters is 1. The third-order valence-corrected chi connectivity index (χ3v) is 2.88. The summed E-state index contributed by atoms with van der Waals surface area (Å²) >= 11 is 3.14. The normalized spacial score (nSPS) is 11.4. The summed E-state index contributed by atoms with van der Waals surface area (Å²) in [4.78, 5) is 22.9. The van der Waals surface area contributed by atoms with Crippen LogP contribution in [0, 0.1) is 12.3 Å². The van der Waals surface area contributed by atoms with E-state index in [-0.39, 0.29) is 17.1 Å². The molecule has 0 amide bonds. The van der Waals surface area contributed by atoms with Gasteiger partial charge in [0.2, 0.25) is 0 Å². The number of halogens is 1. The lowest BCUT2D eigenvalue weighted by molar-refractivity contribution is -0.141. The quantitative estimate of drug-likeness (QED) is 0.651. The van der Waals surface area contributed by atoms with E-state index in [2.05, 4.69) is 37.0 Å². The lowest BCUT2D eigenvalue weighted by Gasteiger charge is -2.11. The highest BCUT2D eigenvalue weighted by Gasteiger charge is 2.12. The van der Waals surface area contributed by atoms with Crippen molar-refractivity contribution < 1.29 is 9.53 Å². The zero-order valence-corrected chi connectivity index (χ0v) is 11.5. The van der Waals surface area contributed by atoms with Crippen LogP contribution in [0.5, 0.6) is 0 Å². The summed E-state index contributed by atoms with van der Waals surface area (Å²) in [7, 11) is 1.24. The first-order valence-corrected chi connectivity index (χ1v) is 5.84. The number of hydrogen-bond acceptors (Lipinski definition) is 5. The summed E-state index contributed by atoms with van der Waals surface area (Å²) in [5.74, 6) is 1.93. The highest BCUT2D eigenvalue weighted by Crippen LogP contribution is 2.16. The minimum Gasteiger partial charge on any atom is -0.468 e. The highest BCUT2D eigenvalue weighted by atomic mass is 79.9. The van der Waals surface area contributed by atoms with Crippen molar-refractivity contribution in [2.24, 2.45) is 0 Å². The Balaban J connectivity index is 3.03. The molecule has 7 heteroatoms. The van der Waals surface area contributed by atoms with Crippen LogP contribution in [-0.4, -0.2) is 28.9 Å². The van der Waals surface area contributed by atoms with Gasteiger partial charge in [-0.15, -0.1) is 6.42 Å². The summed E-state index contributed by atoms with van der Waals surface area (Å²) in [6, 6.07) is -0.237. The molecule has 0 radical (unpaired) electrons. The van der Waals surface area contributed by atoms with Crippen molar-refractivity contribution in [3.05, 3.63) is 21.0 Å². The van der Waals surface area contributed by atoms with Gasteiger partial charge in [-0.1, -0.05) is 5.92 Å². The first kappa shape index (κ1) is 14.3. The maximum Gasteiger partial charge on any atom is 0.327 e. The molecule has 1 N–H and O–H groups in total. The van der Waals surface area contributed by atoms with Crippen LogP contribution >= 0.6 is 15.9 Å². The van der Waals surface area contributed by atoms with E-state index in [0.717, 1.165) is 4.68 Å². The van der Waals surface area contributed by atoms with Crippen LogP contribution in [0.15, 0.2) is 15.5 Å². The molecule has 1 atom stereocenters. The van der Waals surface area contributed by atoms with Crippen LogP contribution in [0.2, 0.25) is 0 Å². The van der Waals surface area contributed by atoms with Gasteiger partial charge in [0.25, 0.3) is 5.56 Å². The Labute approximate surface area is 112 Å². The Morgan fingerprint density at radius 2 is 2.44 bits per heavy atom. The smallest absolute Gasteiger partial charge is 0.327 e. The molecule has 0 saturated carbocycles. The Hall–Kier alpha value is -1.81. The van der Waals surface area contributed by atoms with Crippen molar-refractivity contribution in [3.63, 3.8) is 0 Å². The number of aromatic nitrogens is 2. The van der Waals surface area contributed by atoms with Crippen molar-refractivity contribution in [2.45, 2.75) is 19.5 Å². The lowest BCUT2D eigenvalue weighted by Crippen LogP contribution is -2.29. The molecule has 1 rings (SSSR count). The van der Waals surface area contributed by atoms with Gasteiger partial charge in [0.05, 0.1) is 25.0 Å². The molecule has 0 fully saturated rings. The van der Waals surface area contributed by atoms with Gasteiger partial charge in [-0.2, -0.15) is 5.10 Å². The number of hydrogen-bond donors (Lipinski definition) is 1. The van der Waals surface area contributed by atoms with Crippen LogP contribution in [0.1, 0.15) is 6.92 Å². The van der Waals surface area contributed by atoms with Gasteiger partial charge in [0.15, 0.2) is 0 Å². The molecule has 0 aliphatic heterocycles. The summed E-state index contributed by atoms with van der Waals surface area (Å²) in [5.41, 5.74) is 0.0428. The molecule has 1 heterocycles. The predicted octanol–water partition coefficient (Wildman–Crippen LogP) is 0.612. The van der Waals surface area contributed by atoms with Crippen molar-refractivity contribution >= 4 is 27.6 Å². The molecule has 0 aliphatic carbocycles. The van der Waals surface area contributed by atoms with E-state index in [1.54, 1.807) is 6.92 Å². The molecule has 18 heavy (non-hydrogen) atoms. The van der Waals surface area contributed by atoms with Crippen LogP contribution in [0.25, 0.3) is 0 Å². The van der Waals surface area contributed by atoms with E-state index in [1.165, 1.54) is 13.3 Å². The van der Waals surface area contributed by atoms with Gasteiger partial charge in [0.1, 0.15) is 11.0 Å². The van der Waals surface area contributed by atoms with Crippen LogP contribution < -0.4 is 10.9 Å². The maximum atomic E-state index is 11.9. The number of methoxy groups -OCH3 is 1. The number of carbonyl (C=O) groups excluding carboxylic acids is 1. The second-order valence-corrected chi connectivity index (χ2v) is 4.24. The maximum absolute atomic E-state index is 11.9. The predicted molar refractivity (Wildman–Crippen MR) is 70.1 cm³/mol. The van der Waals surface area contributed by atoms with Crippen LogP contribution in [0.4, 0.5) is 5.69 Å². The summed E-state index contributed by atoms with van der Waals surface area (Å²) in [6.07, 6.45) is 6.65. The molecule has 0 aromatic carbocycles. The second kappa shape index (κ2) is 6.21. The second-order valence-electron chi connectivity index (χ2n) is 3.44. The number of rotatable bonds is 4. The van der Waals surface area contributed by atoms with E-state index < -0.39 is 11.5 Å². The topological polar surface area (TPSA) is 73.2 Å². The van der Waals surface area contributed by atoms with Gasteiger partial charge in [-0.05, 0) is 22.9 Å². The molecule has 0 bridgehead atoms. The molecule has 0 saturated heterocycles. The zero-order valence-electron chi connectivity index (χ0n) is 9.94. The van der Waals surface area contributed by atoms with E-state index in [0.29, 0.717) is 5.69 Å². The molecular formula is C11H12BrN3O3. The van der Waals surface area contributed by atoms with Crippen molar-refractivity contribution in [1.29, 1.82) is 0 Å². The van der Waals surface area contributed by atoms with Gasteiger partial charge >= 0.3 is 5.97 Å². The third kappa shape index (κ3) is 3.34. The van der Waals surface area contributed by atoms with E-state index in [1.807, 2.05) is 0 Å². The Morgan fingerprint density at radius 1 is 1.78 bits per heavy atom. The van der Waals surface area contributed by atoms with Crippen LogP contribution in [-0.2, 0) is 16.1 Å². The van der Waals surface area contributed by atoms with E-state index >= 15 is 0 Å². The minimum atomic E-state index is -0.547. The van der Waals surface area contributed by atoms with Crippen molar-refractivity contribution in [2.75, 3.05) is 12.4 Å². The standard InChI is InChI=1S/C11H12BrN3O3/c1-4-7(2)14-8-5-13-15(6-9(16)18-3)11(17)10(8)12/h1,5,7,14H,6H2,2-3H3. The van der Waals surface area contributed by atoms with Gasteiger partial charge in [-0.3, -0.25) is 9.59 Å². The molecule has 1 aromatic rings. The molecule has 96 valence electrons. The summed E-state index contributed by atoms with van der Waals surface area (Å²) in [5, 5.41) is 6.78. The first-order chi connectivity index (χ1) is 8.49. The zero-order chi connectivity index (χ0) is 13.7. The highest BCUT2D eigenvalue weighted by molar-refractivity contribution is 9.10. The van der Waals surface area contributed by atoms with Crippen molar-refractivity contribution in [3.8, 4) is 12.3 Å². The summed E-state index contributed by atoms with van der Waals surface area (Å²) in [6.45, 7) is 1.53. The number of anilines is 1. The van der Waals surface area contributed by atoms with Crippen LogP contribution in [0.3, 0.4) is 0 Å². The van der Waals surface area contributed by atoms with E-state index in [4.69, 9.17) is 6.42 Å². The first-order valence-electron chi connectivity index (χ1n) is 5.04. The largest absolute Gasteiger partial charge is 0.468 e. The lowest BCUT2D eigenvalue weighted by atomic mass is 10.3. The number of nitrogens with zero attached hydrogens (tertiary/aromatic N) is 2. The number of terminal acetylenes is 1. The Kier molecular flexibility index (Phi) is 4.92. The minimum absolute atomic E-state index is 0.237. The molecule has 0 aliphatic rings. The average molecular weight is 314 g/mol. The number of carbonyl (C=O) groups is 1. The average Bonchev–Trinajstić information content (AvgIpc) is 2.37. The monoisotopic (exact) mass is 313 g/mol. The molecular weight excluding hydrogens is 302 g/mol. The molecule has 6 nitrogen and oxygen atoms in total. The molecule has 1 aromatic heterocycles. The van der Waals surface area contributed by atoms with Crippen molar-refractivity contribution in [1.82, 2.24) is 9.78 Å².